The highest BCUT2D eigenvalue weighted by Gasteiger charge is 1.97. The molecule has 0 saturated carbocycles. The minimum atomic E-state index is 0.517. The number of ether oxygens (including phenoxy) is 1. The lowest BCUT2D eigenvalue weighted by molar-refractivity contribution is -0.128. The van der Waals surface area contributed by atoms with Crippen molar-refractivity contribution in [2.24, 2.45) is 0 Å². The summed E-state index contributed by atoms with van der Waals surface area (Å²) in [6.07, 6.45) is 4.28. The highest BCUT2D eigenvalue weighted by atomic mass is 16.5. The molecule has 0 amide bonds. The normalized spacial score (nSPS) is 10.4. The molecule has 2 nitrogen and oxygen atoms in total. The van der Waals surface area contributed by atoms with Crippen LogP contribution in [0.5, 0.6) is 0 Å². The molecule has 0 aromatic heterocycles. The van der Waals surface area contributed by atoms with Crippen LogP contribution in [0.15, 0.2) is 42.5 Å². The smallest absolute Gasteiger partial charge is 0.293 e. The van der Waals surface area contributed by atoms with E-state index in [4.69, 9.17) is 0 Å². The van der Waals surface area contributed by atoms with Crippen LogP contribution in [0.25, 0.3) is 10.8 Å². The van der Waals surface area contributed by atoms with E-state index < -0.39 is 0 Å². The number of unbranched alkanes of at least 4 members (excludes halogenated alkanes) is 2. The summed E-state index contributed by atoms with van der Waals surface area (Å²) in [6, 6.07) is 15.1. The first-order valence-corrected chi connectivity index (χ1v) is 6.43. The van der Waals surface area contributed by atoms with Gasteiger partial charge in [0.15, 0.2) is 0 Å². The van der Waals surface area contributed by atoms with Gasteiger partial charge in [-0.25, -0.2) is 0 Å². The molecular weight excluding hydrogens is 224 g/mol. The van der Waals surface area contributed by atoms with Crippen LogP contribution < -0.4 is 0 Å². The van der Waals surface area contributed by atoms with E-state index in [1.807, 2.05) is 0 Å². The predicted molar refractivity (Wildman–Crippen MR) is 73.5 cm³/mol. The fourth-order valence-corrected chi connectivity index (χ4v) is 2.13. The number of rotatable bonds is 7. The van der Waals surface area contributed by atoms with Crippen molar-refractivity contribution in [3.63, 3.8) is 0 Å². The summed E-state index contributed by atoms with van der Waals surface area (Å²) >= 11 is 0. The molecule has 2 rings (SSSR count). The number of carbonyl (C=O) groups excluding carboxylic acids is 1. The third-order valence-electron chi connectivity index (χ3n) is 3.11. The Balaban J connectivity index is 1.82. The van der Waals surface area contributed by atoms with Crippen LogP contribution in [-0.2, 0) is 16.0 Å². The highest BCUT2D eigenvalue weighted by molar-refractivity contribution is 5.82. The van der Waals surface area contributed by atoms with Crippen molar-refractivity contribution in [3.8, 4) is 0 Å². The lowest BCUT2D eigenvalue weighted by atomic mass is 10.0. The predicted octanol–water partition coefficient (Wildman–Crippen LogP) is 3.73. The standard InChI is InChI=1S/C16H18O2/c17-13-18-11-5-1-2-6-14-9-10-15-7-3-4-8-16(15)12-14/h3-4,7-10,12-13H,1-2,5-6,11H2. The largest absolute Gasteiger partial charge is 0.468 e. The second-order valence-corrected chi connectivity index (χ2v) is 4.46. The molecule has 0 saturated heterocycles. The van der Waals surface area contributed by atoms with E-state index >= 15 is 0 Å². The quantitative estimate of drug-likeness (QED) is 0.546. The van der Waals surface area contributed by atoms with Crippen molar-refractivity contribution in [1.29, 1.82) is 0 Å². The molecular formula is C16H18O2. The Morgan fingerprint density at radius 3 is 2.61 bits per heavy atom. The van der Waals surface area contributed by atoms with Crippen LogP contribution in [0.4, 0.5) is 0 Å². The van der Waals surface area contributed by atoms with Crippen LogP contribution in [0.3, 0.4) is 0 Å². The van der Waals surface area contributed by atoms with Gasteiger partial charge in [-0.3, -0.25) is 4.79 Å². The van der Waals surface area contributed by atoms with E-state index in [-0.39, 0.29) is 0 Å². The summed E-state index contributed by atoms with van der Waals surface area (Å²) in [7, 11) is 0. The van der Waals surface area contributed by atoms with Gasteiger partial charge in [0.05, 0.1) is 6.61 Å². The molecule has 0 fully saturated rings. The molecule has 0 aliphatic carbocycles. The molecule has 0 bridgehead atoms. The van der Waals surface area contributed by atoms with Gasteiger partial charge in [0.25, 0.3) is 6.47 Å². The van der Waals surface area contributed by atoms with Gasteiger partial charge in [-0.1, -0.05) is 42.5 Å². The zero-order chi connectivity index (χ0) is 12.6. The van der Waals surface area contributed by atoms with Gasteiger partial charge in [-0.05, 0) is 42.0 Å². The molecule has 0 unspecified atom stereocenters. The van der Waals surface area contributed by atoms with Gasteiger partial charge in [-0.15, -0.1) is 0 Å². The summed E-state index contributed by atoms with van der Waals surface area (Å²) in [5.74, 6) is 0. The Bertz CT molecular complexity index is 505. The molecule has 94 valence electrons. The van der Waals surface area contributed by atoms with E-state index in [1.54, 1.807) is 0 Å². The lowest BCUT2D eigenvalue weighted by Crippen LogP contribution is -1.92. The molecule has 0 aliphatic rings. The summed E-state index contributed by atoms with van der Waals surface area (Å²) in [6.45, 7) is 1.06. The molecule has 0 spiro atoms. The topological polar surface area (TPSA) is 26.3 Å². The number of aryl methyl sites for hydroxylation is 1. The molecule has 18 heavy (non-hydrogen) atoms. The van der Waals surface area contributed by atoms with Crippen molar-refractivity contribution in [1.82, 2.24) is 0 Å². The molecule has 2 heteroatoms. The average molecular weight is 242 g/mol. The monoisotopic (exact) mass is 242 g/mol. The highest BCUT2D eigenvalue weighted by Crippen LogP contribution is 2.17. The Hall–Kier alpha value is -1.83. The molecule has 2 aromatic rings. The second kappa shape index (κ2) is 6.80. The van der Waals surface area contributed by atoms with E-state index in [1.165, 1.54) is 16.3 Å². The number of hydrogen-bond donors (Lipinski definition) is 0. The molecule has 0 heterocycles. The third-order valence-corrected chi connectivity index (χ3v) is 3.11. The van der Waals surface area contributed by atoms with Gasteiger partial charge in [0.1, 0.15) is 0 Å². The van der Waals surface area contributed by atoms with E-state index in [0.29, 0.717) is 13.1 Å². The Labute approximate surface area is 108 Å². The van der Waals surface area contributed by atoms with Gasteiger partial charge >= 0.3 is 0 Å². The van der Waals surface area contributed by atoms with Gasteiger partial charge in [-0.2, -0.15) is 0 Å². The SMILES string of the molecule is O=COCCCCCc1ccc2ccccc2c1. The van der Waals surface area contributed by atoms with Crippen molar-refractivity contribution >= 4 is 17.2 Å². The number of hydrogen-bond acceptors (Lipinski definition) is 2. The number of fused-ring (bicyclic) bond motifs is 1. The van der Waals surface area contributed by atoms with Crippen molar-refractivity contribution in [3.05, 3.63) is 48.0 Å². The average Bonchev–Trinajstić information content (AvgIpc) is 2.42. The minimum Gasteiger partial charge on any atom is -0.468 e. The fraction of sp³-hybridized carbons (Fsp3) is 0.312. The van der Waals surface area contributed by atoms with E-state index in [9.17, 15) is 4.79 Å². The summed E-state index contributed by atoms with van der Waals surface area (Å²) in [4.78, 5) is 9.96. The summed E-state index contributed by atoms with van der Waals surface area (Å²) < 4.78 is 4.66. The molecule has 2 aromatic carbocycles. The maximum absolute atomic E-state index is 9.96. The van der Waals surface area contributed by atoms with Crippen molar-refractivity contribution in [2.75, 3.05) is 6.61 Å². The first-order chi connectivity index (χ1) is 8.90. The molecule has 0 atom stereocenters. The van der Waals surface area contributed by atoms with Crippen LogP contribution in [0, 0.1) is 0 Å². The van der Waals surface area contributed by atoms with Gasteiger partial charge < -0.3 is 4.74 Å². The maximum atomic E-state index is 9.96. The zero-order valence-corrected chi connectivity index (χ0v) is 10.5. The third kappa shape index (κ3) is 3.59. The Morgan fingerprint density at radius 1 is 0.944 bits per heavy atom. The summed E-state index contributed by atoms with van der Waals surface area (Å²) in [5.41, 5.74) is 1.38. The number of benzene rings is 2. The van der Waals surface area contributed by atoms with Gasteiger partial charge in [0.2, 0.25) is 0 Å². The Kier molecular flexibility index (Phi) is 4.77. The van der Waals surface area contributed by atoms with Crippen LogP contribution in [0.1, 0.15) is 24.8 Å². The molecule has 0 N–H and O–H groups in total. The van der Waals surface area contributed by atoms with Gasteiger partial charge in [0, 0.05) is 0 Å². The van der Waals surface area contributed by atoms with Crippen LogP contribution >= 0.6 is 0 Å². The Morgan fingerprint density at radius 2 is 1.78 bits per heavy atom. The maximum Gasteiger partial charge on any atom is 0.293 e. The lowest BCUT2D eigenvalue weighted by Gasteiger charge is -2.04. The van der Waals surface area contributed by atoms with Crippen molar-refractivity contribution in [2.45, 2.75) is 25.7 Å². The number of carbonyl (C=O) groups is 1. The van der Waals surface area contributed by atoms with Crippen LogP contribution in [-0.4, -0.2) is 13.1 Å². The van der Waals surface area contributed by atoms with Crippen LogP contribution in [0.2, 0.25) is 0 Å². The fourth-order valence-electron chi connectivity index (χ4n) is 2.13. The minimum absolute atomic E-state index is 0.517. The first-order valence-electron chi connectivity index (χ1n) is 6.43. The van der Waals surface area contributed by atoms with Crippen molar-refractivity contribution < 1.29 is 9.53 Å². The van der Waals surface area contributed by atoms with E-state index in [0.717, 1.165) is 25.7 Å². The van der Waals surface area contributed by atoms with E-state index in [2.05, 4.69) is 47.2 Å². The summed E-state index contributed by atoms with van der Waals surface area (Å²) in [5, 5.41) is 2.60. The molecule has 0 radical (unpaired) electrons. The molecule has 0 aliphatic heterocycles. The second-order valence-electron chi connectivity index (χ2n) is 4.46. The zero-order valence-electron chi connectivity index (χ0n) is 10.5. The first kappa shape index (κ1) is 12.6.